The standard InChI is InChI=1S/C13H20FN3O2S/c1-9-7-11(5-6-17(9)2)16-20(18,19)13-8-10(14)3-4-12(13)15/h3-4,8-9,11,16H,5-7,15H2,1-2H3. The van der Waals surface area contributed by atoms with Crippen LogP contribution in [0.4, 0.5) is 10.1 Å². The fourth-order valence-corrected chi connectivity index (χ4v) is 3.85. The van der Waals surface area contributed by atoms with Crippen molar-refractivity contribution in [2.75, 3.05) is 19.3 Å². The molecule has 0 aliphatic carbocycles. The van der Waals surface area contributed by atoms with Gasteiger partial charge in [-0.3, -0.25) is 0 Å². The Hall–Kier alpha value is -1.18. The first kappa shape index (κ1) is 15.2. The maximum absolute atomic E-state index is 13.2. The fourth-order valence-electron chi connectivity index (χ4n) is 2.42. The highest BCUT2D eigenvalue weighted by Crippen LogP contribution is 2.22. The molecule has 1 aliphatic rings. The van der Waals surface area contributed by atoms with Crippen molar-refractivity contribution in [3.63, 3.8) is 0 Å². The average Bonchev–Trinajstić information content (AvgIpc) is 2.36. The maximum Gasteiger partial charge on any atom is 0.242 e. The number of benzene rings is 1. The second kappa shape index (κ2) is 5.67. The minimum Gasteiger partial charge on any atom is -0.398 e. The molecule has 0 saturated carbocycles. The van der Waals surface area contributed by atoms with Gasteiger partial charge in [-0.05, 0) is 51.6 Å². The lowest BCUT2D eigenvalue weighted by atomic mass is 10.0. The van der Waals surface area contributed by atoms with E-state index in [-0.39, 0.29) is 16.6 Å². The summed E-state index contributed by atoms with van der Waals surface area (Å²) in [6, 6.07) is 3.53. The number of sulfonamides is 1. The van der Waals surface area contributed by atoms with E-state index in [1.165, 1.54) is 6.07 Å². The number of nitrogens with zero attached hydrogens (tertiary/aromatic N) is 1. The topological polar surface area (TPSA) is 75.4 Å². The van der Waals surface area contributed by atoms with Gasteiger partial charge in [0.25, 0.3) is 0 Å². The van der Waals surface area contributed by atoms with Gasteiger partial charge in [-0.15, -0.1) is 0 Å². The van der Waals surface area contributed by atoms with Crippen LogP contribution in [0.15, 0.2) is 23.1 Å². The molecule has 20 heavy (non-hydrogen) atoms. The summed E-state index contributed by atoms with van der Waals surface area (Å²) in [6.07, 6.45) is 1.46. The Labute approximate surface area is 119 Å². The van der Waals surface area contributed by atoms with Crippen LogP contribution in [0.25, 0.3) is 0 Å². The summed E-state index contributed by atoms with van der Waals surface area (Å²) < 4.78 is 40.4. The third-order valence-electron chi connectivity index (χ3n) is 3.80. The van der Waals surface area contributed by atoms with Crippen LogP contribution in [0, 0.1) is 5.82 Å². The summed E-state index contributed by atoms with van der Waals surface area (Å²) in [4.78, 5) is 1.99. The number of nitrogens with two attached hydrogens (primary N) is 1. The van der Waals surface area contributed by atoms with E-state index >= 15 is 0 Å². The zero-order chi connectivity index (χ0) is 14.9. The number of halogens is 1. The van der Waals surface area contributed by atoms with E-state index in [0.29, 0.717) is 6.04 Å². The van der Waals surface area contributed by atoms with Crippen molar-refractivity contribution in [1.82, 2.24) is 9.62 Å². The molecule has 0 spiro atoms. The molecule has 2 unspecified atom stereocenters. The Bertz CT molecular complexity index is 591. The molecule has 7 heteroatoms. The fraction of sp³-hybridized carbons (Fsp3) is 0.538. The summed E-state index contributed by atoms with van der Waals surface area (Å²) >= 11 is 0. The van der Waals surface area contributed by atoms with Gasteiger partial charge in [0.15, 0.2) is 0 Å². The number of piperidine rings is 1. The van der Waals surface area contributed by atoms with E-state index in [2.05, 4.69) is 16.5 Å². The largest absolute Gasteiger partial charge is 0.398 e. The molecular formula is C13H20FN3O2S. The lowest BCUT2D eigenvalue weighted by Crippen LogP contribution is -2.47. The Morgan fingerprint density at radius 2 is 2.15 bits per heavy atom. The van der Waals surface area contributed by atoms with Crippen molar-refractivity contribution >= 4 is 15.7 Å². The molecule has 0 amide bonds. The minimum absolute atomic E-state index is 0.0554. The Balaban J connectivity index is 2.17. The van der Waals surface area contributed by atoms with Crippen molar-refractivity contribution in [3.8, 4) is 0 Å². The van der Waals surface area contributed by atoms with Gasteiger partial charge in [0.05, 0.1) is 5.69 Å². The molecule has 2 atom stereocenters. The normalized spacial score (nSPS) is 24.8. The first-order valence-electron chi connectivity index (χ1n) is 6.57. The Morgan fingerprint density at radius 1 is 1.45 bits per heavy atom. The molecule has 0 bridgehead atoms. The predicted octanol–water partition coefficient (Wildman–Crippen LogP) is 1.17. The van der Waals surface area contributed by atoms with Gasteiger partial charge >= 0.3 is 0 Å². The van der Waals surface area contributed by atoms with Gasteiger partial charge in [-0.1, -0.05) is 0 Å². The second-order valence-corrected chi connectivity index (χ2v) is 7.04. The first-order chi connectivity index (χ1) is 9.29. The van der Waals surface area contributed by atoms with Crippen molar-refractivity contribution < 1.29 is 12.8 Å². The van der Waals surface area contributed by atoms with Crippen LogP contribution >= 0.6 is 0 Å². The molecule has 1 fully saturated rings. The number of nitrogens with one attached hydrogen (secondary N) is 1. The van der Waals surface area contributed by atoms with E-state index in [1.807, 2.05) is 7.05 Å². The Kier molecular flexibility index (Phi) is 4.31. The van der Waals surface area contributed by atoms with Crippen LogP contribution in [0.2, 0.25) is 0 Å². The van der Waals surface area contributed by atoms with Crippen molar-refractivity contribution in [2.45, 2.75) is 36.7 Å². The summed E-state index contributed by atoms with van der Waals surface area (Å²) in [5.41, 5.74) is 5.69. The Morgan fingerprint density at radius 3 is 2.80 bits per heavy atom. The molecule has 0 radical (unpaired) electrons. The van der Waals surface area contributed by atoms with Gasteiger partial charge in [-0.25, -0.2) is 17.5 Å². The highest BCUT2D eigenvalue weighted by molar-refractivity contribution is 7.89. The third-order valence-corrected chi connectivity index (χ3v) is 5.37. The highest BCUT2D eigenvalue weighted by atomic mass is 32.2. The number of anilines is 1. The van der Waals surface area contributed by atoms with Crippen LogP contribution in [-0.4, -0.2) is 39.0 Å². The maximum atomic E-state index is 13.2. The summed E-state index contributed by atoms with van der Waals surface area (Å²) in [6.45, 7) is 2.88. The summed E-state index contributed by atoms with van der Waals surface area (Å²) in [7, 11) is -1.77. The van der Waals surface area contributed by atoms with E-state index < -0.39 is 15.8 Å². The number of nitrogen functional groups attached to an aromatic ring is 1. The zero-order valence-corrected chi connectivity index (χ0v) is 12.5. The van der Waals surface area contributed by atoms with E-state index in [9.17, 15) is 12.8 Å². The number of hydrogen-bond donors (Lipinski definition) is 2. The number of likely N-dealkylation sites (tertiary alicyclic amines) is 1. The van der Waals surface area contributed by atoms with Gasteiger partial charge in [0.1, 0.15) is 10.7 Å². The van der Waals surface area contributed by atoms with Crippen molar-refractivity contribution in [1.29, 1.82) is 0 Å². The SMILES string of the molecule is CC1CC(NS(=O)(=O)c2cc(F)ccc2N)CCN1C. The molecule has 3 N–H and O–H groups in total. The molecule has 1 aromatic rings. The van der Waals surface area contributed by atoms with Crippen LogP contribution in [0.5, 0.6) is 0 Å². The number of rotatable bonds is 3. The molecule has 2 rings (SSSR count). The summed E-state index contributed by atoms with van der Waals surface area (Å²) in [5.74, 6) is -0.615. The number of hydrogen-bond acceptors (Lipinski definition) is 4. The highest BCUT2D eigenvalue weighted by Gasteiger charge is 2.28. The van der Waals surface area contributed by atoms with E-state index in [0.717, 1.165) is 31.5 Å². The molecule has 112 valence electrons. The molecule has 5 nitrogen and oxygen atoms in total. The molecule has 1 heterocycles. The third kappa shape index (κ3) is 3.28. The predicted molar refractivity (Wildman–Crippen MR) is 76.2 cm³/mol. The molecular weight excluding hydrogens is 281 g/mol. The van der Waals surface area contributed by atoms with Crippen LogP contribution in [-0.2, 0) is 10.0 Å². The van der Waals surface area contributed by atoms with E-state index in [4.69, 9.17) is 5.73 Å². The minimum atomic E-state index is -3.79. The van der Waals surface area contributed by atoms with Crippen LogP contribution in [0.3, 0.4) is 0 Å². The smallest absolute Gasteiger partial charge is 0.242 e. The zero-order valence-electron chi connectivity index (χ0n) is 11.6. The van der Waals surface area contributed by atoms with Gasteiger partial charge in [0, 0.05) is 12.1 Å². The monoisotopic (exact) mass is 301 g/mol. The summed E-state index contributed by atoms with van der Waals surface area (Å²) in [5, 5.41) is 0. The molecule has 1 aromatic carbocycles. The molecule has 1 saturated heterocycles. The van der Waals surface area contributed by atoms with Crippen molar-refractivity contribution in [2.24, 2.45) is 0 Å². The quantitative estimate of drug-likeness (QED) is 0.822. The van der Waals surface area contributed by atoms with Gasteiger partial charge < -0.3 is 10.6 Å². The lowest BCUT2D eigenvalue weighted by Gasteiger charge is -2.35. The van der Waals surface area contributed by atoms with E-state index in [1.54, 1.807) is 0 Å². The lowest BCUT2D eigenvalue weighted by molar-refractivity contribution is 0.178. The van der Waals surface area contributed by atoms with Gasteiger partial charge in [0.2, 0.25) is 10.0 Å². The molecule has 1 aliphatic heterocycles. The van der Waals surface area contributed by atoms with Crippen LogP contribution < -0.4 is 10.5 Å². The first-order valence-corrected chi connectivity index (χ1v) is 8.05. The van der Waals surface area contributed by atoms with Crippen LogP contribution in [0.1, 0.15) is 19.8 Å². The van der Waals surface area contributed by atoms with Gasteiger partial charge in [-0.2, -0.15) is 0 Å². The average molecular weight is 301 g/mol. The van der Waals surface area contributed by atoms with Crippen molar-refractivity contribution in [3.05, 3.63) is 24.0 Å². The second-order valence-electron chi connectivity index (χ2n) is 5.35. The molecule has 0 aromatic heterocycles.